The van der Waals surface area contributed by atoms with Gasteiger partial charge in [0, 0.05) is 19.3 Å². The minimum Gasteiger partial charge on any atom is -0.348 e. The fourth-order valence-electron chi connectivity index (χ4n) is 2.21. The zero-order valence-corrected chi connectivity index (χ0v) is 12.3. The van der Waals surface area contributed by atoms with Crippen molar-refractivity contribution in [1.82, 2.24) is 15.3 Å². The Bertz CT molecular complexity index is 458. The van der Waals surface area contributed by atoms with E-state index in [4.69, 9.17) is 12.2 Å². The van der Waals surface area contributed by atoms with Crippen LogP contribution < -0.4 is 5.43 Å². The van der Waals surface area contributed by atoms with Gasteiger partial charge in [0.15, 0.2) is 5.11 Å². The Balaban J connectivity index is 1.92. The summed E-state index contributed by atoms with van der Waals surface area (Å²) in [4.78, 5) is 6.45. The molecule has 1 aliphatic heterocycles. The molecule has 2 heterocycles. The van der Waals surface area contributed by atoms with E-state index < -0.39 is 0 Å². The Morgan fingerprint density at radius 1 is 1.53 bits per heavy atom. The summed E-state index contributed by atoms with van der Waals surface area (Å²) in [5, 5.41) is 5.03. The Labute approximate surface area is 119 Å². The molecule has 1 aromatic rings. The molecule has 5 heteroatoms. The van der Waals surface area contributed by atoms with Crippen LogP contribution in [0.25, 0.3) is 0 Å². The molecule has 2 rings (SSSR count). The predicted octanol–water partition coefficient (Wildman–Crippen LogP) is 2.41. The number of hydrogen-bond acceptors (Lipinski definition) is 3. The molecule has 1 fully saturated rings. The van der Waals surface area contributed by atoms with Crippen LogP contribution in [0.1, 0.15) is 32.4 Å². The molecule has 0 aliphatic carbocycles. The average molecular weight is 276 g/mol. The first kappa shape index (κ1) is 13.9. The fraction of sp³-hybridized carbons (Fsp3) is 0.500. The molecule has 19 heavy (non-hydrogen) atoms. The summed E-state index contributed by atoms with van der Waals surface area (Å²) in [7, 11) is 0. The molecule has 0 aromatic carbocycles. The van der Waals surface area contributed by atoms with Crippen molar-refractivity contribution in [2.75, 3.05) is 13.1 Å². The van der Waals surface area contributed by atoms with Crippen LogP contribution in [0.2, 0.25) is 0 Å². The minimum atomic E-state index is 0.703. The lowest BCUT2D eigenvalue weighted by molar-refractivity contribution is 0.271. The standard InChI is InChI=1S/C14H20N4S/c1-11-6-5-9-18(10-11)14(19)17-16-12(2)13-7-3-4-8-15-13/h3-4,7-8,11H,5-6,9-10H2,1-2H3,(H,17,19)/b16-12-. The summed E-state index contributed by atoms with van der Waals surface area (Å²) in [6.45, 7) is 6.23. The number of likely N-dealkylation sites (tertiary alicyclic amines) is 1. The number of hydrogen-bond donors (Lipinski definition) is 1. The third-order valence-electron chi connectivity index (χ3n) is 3.30. The molecule has 102 valence electrons. The molecule has 1 unspecified atom stereocenters. The van der Waals surface area contributed by atoms with Crippen molar-refractivity contribution in [1.29, 1.82) is 0 Å². The third kappa shape index (κ3) is 3.99. The van der Waals surface area contributed by atoms with Crippen LogP contribution in [0.4, 0.5) is 0 Å². The second-order valence-electron chi connectivity index (χ2n) is 5.02. The maximum atomic E-state index is 5.38. The predicted molar refractivity (Wildman–Crippen MR) is 82.2 cm³/mol. The molecule has 1 saturated heterocycles. The molecule has 0 amide bonds. The van der Waals surface area contributed by atoms with Gasteiger partial charge in [0.1, 0.15) is 0 Å². The van der Waals surface area contributed by atoms with Gasteiger partial charge in [-0.25, -0.2) is 0 Å². The van der Waals surface area contributed by atoms with Crippen molar-refractivity contribution in [3.63, 3.8) is 0 Å². The highest BCUT2D eigenvalue weighted by atomic mass is 32.1. The number of pyridine rings is 1. The normalized spacial score (nSPS) is 20.2. The average Bonchev–Trinajstić information content (AvgIpc) is 2.45. The van der Waals surface area contributed by atoms with E-state index in [1.807, 2.05) is 25.1 Å². The summed E-state index contributed by atoms with van der Waals surface area (Å²) in [6.07, 6.45) is 4.25. The van der Waals surface area contributed by atoms with Crippen LogP contribution in [-0.4, -0.2) is 33.8 Å². The number of thiocarbonyl (C=S) groups is 1. The van der Waals surface area contributed by atoms with Gasteiger partial charge in [-0.2, -0.15) is 5.10 Å². The molecular weight excluding hydrogens is 256 g/mol. The second kappa shape index (κ2) is 6.61. The number of hydrazone groups is 1. The lowest BCUT2D eigenvalue weighted by Gasteiger charge is -2.32. The zero-order valence-electron chi connectivity index (χ0n) is 11.5. The first-order valence-corrected chi connectivity index (χ1v) is 7.08. The van der Waals surface area contributed by atoms with E-state index in [-0.39, 0.29) is 0 Å². The molecule has 0 bridgehead atoms. The van der Waals surface area contributed by atoms with Gasteiger partial charge < -0.3 is 4.90 Å². The van der Waals surface area contributed by atoms with Crippen LogP contribution in [0.15, 0.2) is 29.5 Å². The van der Waals surface area contributed by atoms with Crippen molar-refractivity contribution in [3.8, 4) is 0 Å². The van der Waals surface area contributed by atoms with Crippen LogP contribution in [-0.2, 0) is 0 Å². The van der Waals surface area contributed by atoms with Crippen LogP contribution >= 0.6 is 12.2 Å². The molecule has 1 N–H and O–H groups in total. The maximum Gasteiger partial charge on any atom is 0.189 e. The first-order chi connectivity index (χ1) is 9.16. The van der Waals surface area contributed by atoms with Gasteiger partial charge in [0.25, 0.3) is 0 Å². The van der Waals surface area contributed by atoms with E-state index >= 15 is 0 Å². The topological polar surface area (TPSA) is 40.5 Å². The van der Waals surface area contributed by atoms with Crippen molar-refractivity contribution >= 4 is 23.0 Å². The Morgan fingerprint density at radius 2 is 2.37 bits per heavy atom. The Hall–Kier alpha value is -1.49. The van der Waals surface area contributed by atoms with Gasteiger partial charge in [0.2, 0.25) is 0 Å². The molecule has 1 aliphatic rings. The largest absolute Gasteiger partial charge is 0.348 e. The minimum absolute atomic E-state index is 0.703. The van der Waals surface area contributed by atoms with Crippen molar-refractivity contribution in [3.05, 3.63) is 30.1 Å². The summed E-state index contributed by atoms with van der Waals surface area (Å²) in [6, 6.07) is 5.78. The van der Waals surface area contributed by atoms with Crippen molar-refractivity contribution < 1.29 is 0 Å². The first-order valence-electron chi connectivity index (χ1n) is 6.67. The second-order valence-corrected chi connectivity index (χ2v) is 5.41. The molecule has 4 nitrogen and oxygen atoms in total. The van der Waals surface area contributed by atoms with E-state index in [2.05, 4.69) is 27.3 Å². The van der Waals surface area contributed by atoms with Gasteiger partial charge in [-0.15, -0.1) is 0 Å². The molecule has 0 radical (unpaired) electrons. The number of piperidine rings is 1. The number of rotatable bonds is 2. The maximum absolute atomic E-state index is 5.38. The zero-order chi connectivity index (χ0) is 13.7. The molecule has 1 aromatic heterocycles. The van der Waals surface area contributed by atoms with Gasteiger partial charge in [-0.3, -0.25) is 10.4 Å². The Kier molecular flexibility index (Phi) is 4.85. The fourth-order valence-corrected chi connectivity index (χ4v) is 2.42. The van der Waals surface area contributed by atoms with Crippen LogP contribution in [0.5, 0.6) is 0 Å². The van der Waals surface area contributed by atoms with Gasteiger partial charge in [-0.1, -0.05) is 13.0 Å². The smallest absolute Gasteiger partial charge is 0.189 e. The molecule has 1 atom stereocenters. The highest BCUT2D eigenvalue weighted by Crippen LogP contribution is 2.15. The third-order valence-corrected chi connectivity index (χ3v) is 3.65. The highest BCUT2D eigenvalue weighted by molar-refractivity contribution is 7.80. The molecular formula is C14H20N4S. The van der Waals surface area contributed by atoms with E-state index in [0.717, 1.165) is 24.5 Å². The summed E-state index contributed by atoms with van der Waals surface area (Å²) in [5.74, 6) is 0.703. The van der Waals surface area contributed by atoms with Crippen molar-refractivity contribution in [2.45, 2.75) is 26.7 Å². The van der Waals surface area contributed by atoms with Crippen LogP contribution in [0.3, 0.4) is 0 Å². The van der Waals surface area contributed by atoms with E-state index in [9.17, 15) is 0 Å². The van der Waals surface area contributed by atoms with E-state index in [0.29, 0.717) is 11.0 Å². The van der Waals surface area contributed by atoms with E-state index in [1.54, 1.807) is 6.20 Å². The van der Waals surface area contributed by atoms with Gasteiger partial charge in [0.05, 0.1) is 11.4 Å². The monoisotopic (exact) mass is 276 g/mol. The SMILES string of the molecule is C/C(=N/NC(=S)N1CCCC(C)C1)c1ccccn1. The van der Waals surface area contributed by atoms with Crippen LogP contribution in [0, 0.1) is 5.92 Å². The van der Waals surface area contributed by atoms with Gasteiger partial charge >= 0.3 is 0 Å². The number of aromatic nitrogens is 1. The quantitative estimate of drug-likeness (QED) is 0.511. The highest BCUT2D eigenvalue weighted by Gasteiger charge is 2.18. The Morgan fingerprint density at radius 3 is 3.05 bits per heavy atom. The lowest BCUT2D eigenvalue weighted by atomic mass is 10.0. The summed E-state index contributed by atoms with van der Waals surface area (Å²) >= 11 is 5.38. The van der Waals surface area contributed by atoms with Crippen molar-refractivity contribution in [2.24, 2.45) is 11.0 Å². The van der Waals surface area contributed by atoms with Gasteiger partial charge in [-0.05, 0) is 50.0 Å². The summed E-state index contributed by atoms with van der Waals surface area (Å²) in [5.41, 5.74) is 4.68. The lowest BCUT2D eigenvalue weighted by Crippen LogP contribution is -2.43. The molecule has 0 spiro atoms. The number of nitrogens with zero attached hydrogens (tertiary/aromatic N) is 3. The summed E-state index contributed by atoms with van der Waals surface area (Å²) < 4.78 is 0. The van der Waals surface area contributed by atoms with E-state index in [1.165, 1.54) is 12.8 Å². The molecule has 0 saturated carbocycles. The number of nitrogens with one attached hydrogen (secondary N) is 1.